The van der Waals surface area contributed by atoms with E-state index in [0.717, 1.165) is 53.2 Å². The molecule has 2 unspecified atom stereocenters. The van der Waals surface area contributed by atoms with Crippen molar-refractivity contribution in [1.82, 2.24) is 10.5 Å². The van der Waals surface area contributed by atoms with Gasteiger partial charge >= 0.3 is 0 Å². The molecule has 1 N–H and O–H groups in total. The van der Waals surface area contributed by atoms with E-state index in [0.29, 0.717) is 0 Å². The molecule has 2 atom stereocenters. The summed E-state index contributed by atoms with van der Waals surface area (Å²) in [5.41, 5.74) is 5.12. The van der Waals surface area contributed by atoms with Gasteiger partial charge in [-0.3, -0.25) is 0 Å². The van der Waals surface area contributed by atoms with Crippen LogP contribution in [-0.2, 0) is 6.42 Å². The molecule has 0 saturated carbocycles. The Balaban J connectivity index is 1.69. The minimum atomic E-state index is 0.175. The Bertz CT molecular complexity index is 933. The lowest BCUT2D eigenvalue weighted by Gasteiger charge is -2.25. The van der Waals surface area contributed by atoms with Gasteiger partial charge in [0.05, 0.1) is 18.9 Å². The van der Waals surface area contributed by atoms with Gasteiger partial charge in [-0.25, -0.2) is 0 Å². The number of allylic oxidation sites excluding steroid dienone is 2. The zero-order valence-electron chi connectivity index (χ0n) is 15.0. The molecule has 5 nitrogen and oxygen atoms in total. The number of aromatic nitrogens is 1. The van der Waals surface area contributed by atoms with Crippen molar-refractivity contribution in [3.63, 3.8) is 0 Å². The normalized spacial score (nSPS) is 21.2. The number of aryl methyl sites for hydroxylation is 2. The van der Waals surface area contributed by atoms with E-state index in [9.17, 15) is 0 Å². The van der Waals surface area contributed by atoms with Crippen LogP contribution in [0, 0.1) is 18.3 Å². The van der Waals surface area contributed by atoms with Crippen molar-refractivity contribution in [2.75, 3.05) is 7.11 Å². The zero-order valence-corrected chi connectivity index (χ0v) is 15.0. The van der Waals surface area contributed by atoms with Crippen molar-refractivity contribution in [1.29, 1.82) is 5.26 Å². The van der Waals surface area contributed by atoms with Crippen LogP contribution in [-0.4, -0.2) is 18.3 Å². The maximum atomic E-state index is 9.01. The van der Waals surface area contributed by atoms with Crippen LogP contribution >= 0.6 is 0 Å². The van der Waals surface area contributed by atoms with Crippen LogP contribution in [0.5, 0.6) is 5.75 Å². The lowest BCUT2D eigenvalue weighted by atomic mass is 9.94. The van der Waals surface area contributed by atoms with Crippen LogP contribution in [0.3, 0.4) is 0 Å². The molecular formula is C21H21N3O2. The molecule has 0 saturated heterocycles. The molecule has 2 aliphatic rings. The molecule has 132 valence electrons. The van der Waals surface area contributed by atoms with E-state index in [1.54, 1.807) is 7.11 Å². The molecule has 0 aliphatic heterocycles. The minimum Gasteiger partial charge on any atom is -0.497 e. The highest BCUT2D eigenvalue weighted by atomic mass is 16.5. The lowest BCUT2D eigenvalue weighted by molar-refractivity contribution is 0.365. The molecule has 0 fully saturated rings. The van der Waals surface area contributed by atoms with E-state index in [1.807, 2.05) is 25.1 Å². The van der Waals surface area contributed by atoms with E-state index in [2.05, 4.69) is 34.8 Å². The SMILES string of the molecule is COc1ccc2c(c1)C(NC1C=CC(C#N)=CC1)CCc1onc(C)c1-2. The van der Waals surface area contributed by atoms with Gasteiger partial charge in [0.2, 0.25) is 0 Å². The fourth-order valence-electron chi connectivity index (χ4n) is 3.81. The van der Waals surface area contributed by atoms with Crippen molar-refractivity contribution in [3.05, 3.63) is 59.0 Å². The lowest BCUT2D eigenvalue weighted by Crippen LogP contribution is -2.32. The van der Waals surface area contributed by atoms with Gasteiger partial charge in [-0.05, 0) is 49.1 Å². The van der Waals surface area contributed by atoms with E-state index >= 15 is 0 Å². The van der Waals surface area contributed by atoms with Gasteiger partial charge in [-0.2, -0.15) is 5.26 Å². The van der Waals surface area contributed by atoms with Crippen LogP contribution in [0.1, 0.15) is 35.9 Å². The van der Waals surface area contributed by atoms with Gasteiger partial charge in [-0.15, -0.1) is 0 Å². The topological polar surface area (TPSA) is 71.1 Å². The summed E-state index contributed by atoms with van der Waals surface area (Å²) in [4.78, 5) is 0. The summed E-state index contributed by atoms with van der Waals surface area (Å²) < 4.78 is 11.0. The van der Waals surface area contributed by atoms with E-state index in [4.69, 9.17) is 14.5 Å². The van der Waals surface area contributed by atoms with Gasteiger partial charge < -0.3 is 14.6 Å². The van der Waals surface area contributed by atoms with Crippen molar-refractivity contribution in [3.8, 4) is 22.9 Å². The molecule has 2 aromatic rings. The molecule has 1 aromatic heterocycles. The first-order valence-electron chi connectivity index (χ1n) is 8.87. The summed E-state index contributed by atoms with van der Waals surface area (Å²) in [6, 6.07) is 8.77. The Labute approximate surface area is 152 Å². The summed E-state index contributed by atoms with van der Waals surface area (Å²) in [7, 11) is 1.69. The first-order chi connectivity index (χ1) is 12.7. The molecule has 0 spiro atoms. The van der Waals surface area contributed by atoms with Crippen LogP contribution in [0.2, 0.25) is 0 Å². The zero-order chi connectivity index (χ0) is 18.1. The quantitative estimate of drug-likeness (QED) is 0.908. The van der Waals surface area contributed by atoms with E-state index in [-0.39, 0.29) is 12.1 Å². The highest BCUT2D eigenvalue weighted by Gasteiger charge is 2.28. The van der Waals surface area contributed by atoms with Gasteiger partial charge in [0.25, 0.3) is 0 Å². The number of nitrogens with zero attached hydrogens (tertiary/aromatic N) is 2. The highest BCUT2D eigenvalue weighted by molar-refractivity contribution is 5.73. The molecule has 0 amide bonds. The third kappa shape index (κ3) is 2.93. The molecular weight excluding hydrogens is 326 g/mol. The van der Waals surface area contributed by atoms with Gasteiger partial charge in [0.1, 0.15) is 11.5 Å². The number of nitrogens with one attached hydrogen (secondary N) is 1. The number of rotatable bonds is 3. The van der Waals surface area contributed by atoms with Gasteiger partial charge in [-0.1, -0.05) is 23.4 Å². The number of hydrogen-bond donors (Lipinski definition) is 1. The second kappa shape index (κ2) is 6.81. The third-order valence-corrected chi connectivity index (χ3v) is 5.14. The Kier molecular flexibility index (Phi) is 4.36. The average Bonchev–Trinajstić information content (AvgIpc) is 2.97. The number of hydrogen-bond acceptors (Lipinski definition) is 5. The van der Waals surface area contributed by atoms with Crippen LogP contribution in [0.15, 0.2) is 46.5 Å². The summed E-state index contributed by atoms with van der Waals surface area (Å²) in [6.45, 7) is 1.99. The monoisotopic (exact) mass is 347 g/mol. The number of methoxy groups -OCH3 is 1. The summed E-state index contributed by atoms with van der Waals surface area (Å²) in [5.74, 6) is 1.79. The van der Waals surface area contributed by atoms with Crippen LogP contribution in [0.25, 0.3) is 11.1 Å². The summed E-state index contributed by atoms with van der Waals surface area (Å²) >= 11 is 0. The predicted molar refractivity (Wildman–Crippen MR) is 98.7 cm³/mol. The molecule has 26 heavy (non-hydrogen) atoms. The largest absolute Gasteiger partial charge is 0.497 e. The summed E-state index contributed by atoms with van der Waals surface area (Å²) in [5, 5.41) is 16.9. The van der Waals surface area contributed by atoms with Crippen molar-refractivity contribution < 1.29 is 9.26 Å². The number of fused-ring (bicyclic) bond motifs is 3. The van der Waals surface area contributed by atoms with Gasteiger partial charge in [0.15, 0.2) is 0 Å². The number of nitriles is 1. The maximum absolute atomic E-state index is 9.01. The molecule has 1 heterocycles. The fraction of sp³-hybridized carbons (Fsp3) is 0.333. The molecule has 4 rings (SSSR count). The maximum Gasteiger partial charge on any atom is 0.144 e. The first kappa shape index (κ1) is 16.6. The van der Waals surface area contributed by atoms with Crippen molar-refractivity contribution >= 4 is 0 Å². The standard InChI is InChI=1S/C21H21N3O2/c1-13-21-17-8-7-16(25-2)11-18(17)19(9-10-20(21)26-24-13)23-15-5-3-14(12-22)4-6-15/h3-5,7-8,11,15,19,23H,6,9-10H2,1-2H3. The third-order valence-electron chi connectivity index (χ3n) is 5.14. The van der Waals surface area contributed by atoms with Crippen molar-refractivity contribution in [2.24, 2.45) is 0 Å². The van der Waals surface area contributed by atoms with E-state index < -0.39 is 0 Å². The van der Waals surface area contributed by atoms with Crippen molar-refractivity contribution in [2.45, 2.75) is 38.3 Å². The molecule has 1 aromatic carbocycles. The summed E-state index contributed by atoms with van der Waals surface area (Å²) in [6.07, 6.45) is 8.52. The smallest absolute Gasteiger partial charge is 0.144 e. The molecule has 2 aliphatic carbocycles. The fourth-order valence-corrected chi connectivity index (χ4v) is 3.81. The number of benzene rings is 1. The number of ether oxygens (including phenoxy) is 1. The average molecular weight is 347 g/mol. The Morgan fingerprint density at radius 1 is 1.38 bits per heavy atom. The molecule has 0 radical (unpaired) electrons. The van der Waals surface area contributed by atoms with E-state index in [1.165, 1.54) is 5.56 Å². The highest BCUT2D eigenvalue weighted by Crippen LogP contribution is 2.40. The Hall–Kier alpha value is -2.84. The molecule has 0 bridgehead atoms. The Morgan fingerprint density at radius 3 is 3.00 bits per heavy atom. The Morgan fingerprint density at radius 2 is 2.27 bits per heavy atom. The minimum absolute atomic E-state index is 0.175. The molecule has 5 heteroatoms. The first-order valence-corrected chi connectivity index (χ1v) is 8.87. The van der Waals surface area contributed by atoms with Crippen LogP contribution < -0.4 is 10.1 Å². The van der Waals surface area contributed by atoms with Crippen LogP contribution in [0.4, 0.5) is 0 Å². The van der Waals surface area contributed by atoms with Gasteiger partial charge in [0, 0.05) is 29.6 Å². The second-order valence-corrected chi connectivity index (χ2v) is 6.75. The second-order valence-electron chi connectivity index (χ2n) is 6.75. The predicted octanol–water partition coefficient (Wildman–Crippen LogP) is 4.01.